The summed E-state index contributed by atoms with van der Waals surface area (Å²) in [6, 6.07) is 11.2. The Balaban J connectivity index is 1.22. The van der Waals surface area contributed by atoms with Gasteiger partial charge in [0.25, 0.3) is 0 Å². The van der Waals surface area contributed by atoms with Gasteiger partial charge < -0.3 is 95.1 Å². The number of likely N-dealkylation sites (N-methyl/N-ethyl adjacent to an activating group) is 1. The van der Waals surface area contributed by atoms with Gasteiger partial charge in [0.1, 0.15) is 59.2 Å². The maximum atomic E-state index is 14.0. The topological polar surface area (TPSA) is 333 Å². The summed E-state index contributed by atoms with van der Waals surface area (Å²) >= 11 is 0. The SMILES string of the molecule is C=C(C)OC(=O)N[C@@H]1CC=C(CNCCCCNC(=O)OCC2c3ccccc3-c3ccccc32)O[C@@H]1C1[C@@H](NC(=O)OC(C)(C)C)C[C@@H](NC(=O)[C@@H](O)CCNC(=O)OC(C)(C)C)[C@H](O[C@H]2OC[C@](C)(O)[C@H](N(C)C(=O)OC(C)(C)C)[C@H]2O)[C@H]1O. The van der Waals surface area contributed by atoms with E-state index < -0.39 is 132 Å². The normalized spacial score (nSPS) is 25.9. The highest BCUT2D eigenvalue weighted by molar-refractivity contribution is 5.81. The molecule has 0 bridgehead atoms. The molecule has 0 radical (unpaired) electrons. The molecule has 2 aromatic rings. The fourth-order valence-electron chi connectivity index (χ4n) is 11.0. The van der Waals surface area contributed by atoms with Crippen LogP contribution in [0.3, 0.4) is 0 Å². The van der Waals surface area contributed by atoms with Crippen molar-refractivity contribution in [1.82, 2.24) is 36.8 Å². The number of aliphatic hydroxyl groups excluding tert-OH is 3. The third-order valence-electron chi connectivity index (χ3n) is 14.6. The van der Waals surface area contributed by atoms with E-state index in [0.29, 0.717) is 31.7 Å². The Morgan fingerprint density at radius 3 is 1.95 bits per heavy atom. The van der Waals surface area contributed by atoms with Crippen molar-refractivity contribution in [2.45, 2.75) is 198 Å². The summed E-state index contributed by atoms with van der Waals surface area (Å²) in [7, 11) is 1.32. The molecule has 10 N–H and O–H groups in total. The first-order valence-electron chi connectivity index (χ1n) is 29.3. The van der Waals surface area contributed by atoms with E-state index in [1.54, 1.807) is 68.4 Å². The summed E-state index contributed by atoms with van der Waals surface area (Å²) < 4.78 is 46.8. The van der Waals surface area contributed by atoms with Gasteiger partial charge >= 0.3 is 30.5 Å². The van der Waals surface area contributed by atoms with E-state index >= 15 is 0 Å². The molecule has 2 fully saturated rings. The van der Waals surface area contributed by atoms with Crippen LogP contribution >= 0.6 is 0 Å². The first-order valence-corrected chi connectivity index (χ1v) is 29.3. The second kappa shape index (κ2) is 29.3. The molecule has 1 saturated carbocycles. The highest BCUT2D eigenvalue weighted by Gasteiger charge is 2.57. The van der Waals surface area contributed by atoms with Gasteiger partial charge in [-0.05, 0) is 143 Å². The number of hydrogen-bond donors (Lipinski definition) is 10. The van der Waals surface area contributed by atoms with Crippen LogP contribution in [0.4, 0.5) is 24.0 Å². The smallest absolute Gasteiger partial charge is 0.412 e. The molecule has 2 heterocycles. The van der Waals surface area contributed by atoms with Gasteiger partial charge in [0.2, 0.25) is 5.91 Å². The molecule has 2 aromatic carbocycles. The number of benzene rings is 2. The molecule has 478 valence electrons. The van der Waals surface area contributed by atoms with Crippen molar-refractivity contribution in [3.8, 4) is 11.1 Å². The van der Waals surface area contributed by atoms with Crippen LogP contribution in [0.15, 0.2) is 72.7 Å². The lowest BCUT2D eigenvalue weighted by Crippen LogP contribution is -2.71. The monoisotopic (exact) mass is 1210 g/mol. The fraction of sp³-hybridized carbons (Fsp3) is 0.639. The molecule has 6 rings (SSSR count). The molecule has 2 aliphatic heterocycles. The Morgan fingerprint density at radius 1 is 0.756 bits per heavy atom. The zero-order chi connectivity index (χ0) is 63.5. The molecule has 1 saturated heterocycles. The van der Waals surface area contributed by atoms with Gasteiger partial charge in [-0.2, -0.15) is 0 Å². The molecule has 25 heteroatoms. The van der Waals surface area contributed by atoms with Gasteiger partial charge in [-0.25, -0.2) is 24.0 Å². The maximum absolute atomic E-state index is 14.0. The lowest BCUT2D eigenvalue weighted by Gasteiger charge is -2.52. The van der Waals surface area contributed by atoms with Crippen molar-refractivity contribution >= 4 is 36.4 Å². The predicted molar refractivity (Wildman–Crippen MR) is 314 cm³/mol. The number of amides is 6. The lowest BCUT2D eigenvalue weighted by atomic mass is 9.72. The minimum atomic E-state index is -1.89. The third-order valence-corrected chi connectivity index (χ3v) is 14.6. The molecular formula is C61H91N7O18. The van der Waals surface area contributed by atoms with Crippen molar-refractivity contribution in [3.63, 3.8) is 0 Å². The number of rotatable bonds is 21. The Hall–Kier alpha value is -6.74. The van der Waals surface area contributed by atoms with Crippen LogP contribution in [0, 0.1) is 5.92 Å². The number of unbranched alkanes of at least 4 members (excludes halogenated alkanes) is 1. The van der Waals surface area contributed by atoms with Crippen LogP contribution in [0.1, 0.15) is 125 Å². The number of ether oxygens (including phenoxy) is 8. The molecule has 1 unspecified atom stereocenters. The van der Waals surface area contributed by atoms with Crippen molar-refractivity contribution in [2.75, 3.05) is 46.4 Å². The lowest BCUT2D eigenvalue weighted by molar-refractivity contribution is -0.305. The van der Waals surface area contributed by atoms with Gasteiger partial charge in [-0.3, -0.25) is 4.79 Å². The van der Waals surface area contributed by atoms with E-state index in [1.165, 1.54) is 20.9 Å². The van der Waals surface area contributed by atoms with Crippen molar-refractivity contribution in [2.24, 2.45) is 5.92 Å². The fourth-order valence-corrected chi connectivity index (χ4v) is 11.0. The third kappa shape index (κ3) is 19.4. The van der Waals surface area contributed by atoms with E-state index in [0.717, 1.165) is 27.2 Å². The number of nitrogens with zero attached hydrogens (tertiary/aromatic N) is 1. The van der Waals surface area contributed by atoms with E-state index in [4.69, 9.17) is 37.9 Å². The van der Waals surface area contributed by atoms with Crippen LogP contribution in [0.2, 0.25) is 0 Å². The molecule has 6 amide bonds. The minimum Gasteiger partial charge on any atom is -0.491 e. The quantitative estimate of drug-likeness (QED) is 0.0429. The van der Waals surface area contributed by atoms with Crippen molar-refractivity contribution in [3.05, 3.63) is 83.8 Å². The molecule has 4 aliphatic rings. The number of allylic oxidation sites excluding steroid dienone is 1. The van der Waals surface area contributed by atoms with Crippen LogP contribution < -0.4 is 31.9 Å². The van der Waals surface area contributed by atoms with E-state index in [9.17, 15) is 49.2 Å². The standard InChI is InChI=1S/C61H91N7O18/c1-34(2)81-55(75)66-41-25-24-35(31-62-27-18-19-28-63-53(73)79-32-40-38-22-16-14-20-36(38)37-21-15-17-23-39(37)40)82-48(41)45-42(67-56(76)85-59(6,7)8)30-43(65-51(72)44(69)26-29-64-54(74)84-58(3,4)5)49(46(45)70)83-52-47(71)50(61(12,78)33-80-52)68(13)57(77)86-60(9,10)11/h14-17,20-24,40-50,52,62,69-71,78H,1,18-19,25-33H2,2-13H3,(H,63,73)(H,64,74)(H,65,72)(H,66,75)(H,67,76)/t41-,42+,43-,44+,45?,46+,47-,48+,49+,50-,52-,61+/m1/s1. The molecule has 25 nitrogen and oxygen atoms in total. The van der Waals surface area contributed by atoms with E-state index in [-0.39, 0.29) is 50.6 Å². The molecule has 12 atom stereocenters. The second-order valence-corrected chi connectivity index (χ2v) is 25.5. The summed E-state index contributed by atoms with van der Waals surface area (Å²) in [5, 5.41) is 65.0. The van der Waals surface area contributed by atoms with Gasteiger partial charge in [-0.1, -0.05) is 55.1 Å². The second-order valence-electron chi connectivity index (χ2n) is 25.5. The molecule has 0 aromatic heterocycles. The molecule has 86 heavy (non-hydrogen) atoms. The first-order chi connectivity index (χ1) is 40.2. The number of nitrogens with one attached hydrogen (secondary N) is 6. The summed E-state index contributed by atoms with van der Waals surface area (Å²) in [6.45, 7) is 21.8. The summed E-state index contributed by atoms with van der Waals surface area (Å²) in [6.07, 6.45) is -11.6. The minimum absolute atomic E-state index is 0.0716. The van der Waals surface area contributed by atoms with E-state index in [2.05, 4.69) is 62.7 Å². The van der Waals surface area contributed by atoms with Crippen LogP contribution in [-0.4, -0.2) is 192 Å². The number of aliphatic hydroxyl groups is 4. The molecule has 2 aliphatic carbocycles. The molecule has 0 spiro atoms. The summed E-state index contributed by atoms with van der Waals surface area (Å²) in [4.78, 5) is 81.1. The Bertz CT molecular complexity index is 2680. The number of carbonyl (C=O) groups excluding carboxylic acids is 6. The number of hydrogen-bond acceptors (Lipinski definition) is 19. The van der Waals surface area contributed by atoms with Crippen LogP contribution in [0.5, 0.6) is 0 Å². The number of fused-ring (bicyclic) bond motifs is 3. The summed E-state index contributed by atoms with van der Waals surface area (Å²) in [5.41, 5.74) is -0.224. The number of alkyl carbamates (subject to hydrolysis) is 4. The summed E-state index contributed by atoms with van der Waals surface area (Å²) in [5.74, 6) is -1.88. The zero-order valence-electron chi connectivity index (χ0n) is 51.6. The Kier molecular flexibility index (Phi) is 23.3. The average Bonchev–Trinajstić information content (AvgIpc) is 1.27. The highest BCUT2D eigenvalue weighted by atomic mass is 16.7. The van der Waals surface area contributed by atoms with E-state index in [1.807, 2.05) is 24.3 Å². The van der Waals surface area contributed by atoms with Crippen molar-refractivity contribution in [1.29, 1.82) is 0 Å². The Labute approximate surface area is 503 Å². The van der Waals surface area contributed by atoms with Crippen LogP contribution in [-0.2, 0) is 42.7 Å². The largest absolute Gasteiger partial charge is 0.491 e. The van der Waals surface area contributed by atoms with Crippen molar-refractivity contribution < 1.29 is 87.1 Å². The predicted octanol–water partition coefficient (Wildman–Crippen LogP) is 5.32. The number of carbonyl (C=O) groups is 6. The molecular weight excluding hydrogens is 1120 g/mol. The van der Waals surface area contributed by atoms with Crippen LogP contribution in [0.25, 0.3) is 11.1 Å². The van der Waals surface area contributed by atoms with Gasteiger partial charge in [0.05, 0.1) is 43.1 Å². The highest BCUT2D eigenvalue weighted by Crippen LogP contribution is 2.45. The van der Waals surface area contributed by atoms with Gasteiger partial charge in [0.15, 0.2) is 6.29 Å². The maximum Gasteiger partial charge on any atom is 0.412 e. The first kappa shape index (κ1) is 68.4. The Morgan fingerprint density at radius 2 is 1.34 bits per heavy atom. The zero-order valence-corrected chi connectivity index (χ0v) is 51.6. The van der Waals surface area contributed by atoms with Gasteiger partial charge in [-0.15, -0.1) is 0 Å². The van der Waals surface area contributed by atoms with Gasteiger partial charge in [0, 0.05) is 38.0 Å². The average molecular weight is 1210 g/mol.